The molecule has 0 amide bonds. The highest BCUT2D eigenvalue weighted by molar-refractivity contribution is 5.94. The van der Waals surface area contributed by atoms with Crippen molar-refractivity contribution in [2.75, 3.05) is 11.9 Å². The van der Waals surface area contributed by atoms with Crippen molar-refractivity contribution < 1.29 is 10.0 Å². The molecular formula is C17H16N4O4. The van der Waals surface area contributed by atoms with E-state index >= 15 is 0 Å². The largest absolute Gasteiger partial charge is 0.392 e. The summed E-state index contributed by atoms with van der Waals surface area (Å²) in [4.78, 5) is 22.8. The maximum absolute atomic E-state index is 11.9. The average molecular weight is 340 g/mol. The first kappa shape index (κ1) is 16.6. The molecule has 0 aliphatic rings. The van der Waals surface area contributed by atoms with E-state index in [1.165, 1.54) is 6.07 Å². The number of aromatic nitrogens is 2. The molecule has 2 aromatic carbocycles. The van der Waals surface area contributed by atoms with Gasteiger partial charge in [-0.3, -0.25) is 14.9 Å². The lowest BCUT2D eigenvalue weighted by molar-refractivity contribution is -0.383. The number of hydrogen-bond acceptors (Lipinski definition) is 6. The fraction of sp³-hybridized carbons (Fsp3) is 0.176. The Labute approximate surface area is 142 Å². The molecule has 128 valence electrons. The molecular weight excluding hydrogens is 324 g/mol. The molecule has 25 heavy (non-hydrogen) atoms. The van der Waals surface area contributed by atoms with Crippen LogP contribution in [0.25, 0.3) is 22.0 Å². The third-order valence-corrected chi connectivity index (χ3v) is 3.75. The van der Waals surface area contributed by atoms with Crippen molar-refractivity contribution in [1.82, 2.24) is 10.2 Å². The molecule has 1 atom stereocenters. The van der Waals surface area contributed by atoms with Crippen LogP contribution >= 0.6 is 0 Å². The van der Waals surface area contributed by atoms with Gasteiger partial charge >= 0.3 is 0 Å². The van der Waals surface area contributed by atoms with E-state index in [2.05, 4.69) is 15.5 Å². The monoisotopic (exact) mass is 340 g/mol. The Hall–Kier alpha value is -3.26. The Morgan fingerprint density at radius 2 is 2.00 bits per heavy atom. The van der Waals surface area contributed by atoms with Gasteiger partial charge in [0.2, 0.25) is 0 Å². The minimum atomic E-state index is -0.635. The number of aliphatic hydroxyl groups is 1. The predicted octanol–water partition coefficient (Wildman–Crippen LogP) is 2.29. The standard InChI is InChI=1S/C17H16N4O4/c1-10(22)9-18-14-7-6-11(8-15(14)21(24)25)16-12-4-2-3-5-13(12)17(23)20-19-16/h2-8,10,18,22H,9H2,1H3,(H,20,23)/t10-/m1/s1. The van der Waals surface area contributed by atoms with E-state index in [1.54, 1.807) is 43.3 Å². The van der Waals surface area contributed by atoms with Gasteiger partial charge in [0.15, 0.2) is 0 Å². The summed E-state index contributed by atoms with van der Waals surface area (Å²) in [5, 5.41) is 31.1. The first-order valence-corrected chi connectivity index (χ1v) is 7.65. The highest BCUT2D eigenvalue weighted by Crippen LogP contribution is 2.32. The molecule has 0 unspecified atom stereocenters. The second kappa shape index (κ2) is 6.70. The number of H-pyrrole nitrogens is 1. The molecule has 3 aromatic rings. The molecule has 0 bridgehead atoms. The van der Waals surface area contributed by atoms with E-state index in [4.69, 9.17) is 0 Å². The van der Waals surface area contributed by atoms with E-state index in [1.807, 2.05) is 0 Å². The number of nitro groups is 1. The zero-order valence-corrected chi connectivity index (χ0v) is 13.4. The SMILES string of the molecule is C[C@@H](O)CNc1ccc(-c2n[nH]c(=O)c3ccccc23)cc1[N+](=O)[O-]. The van der Waals surface area contributed by atoms with Gasteiger partial charge in [0.25, 0.3) is 11.2 Å². The number of nitrogens with zero attached hydrogens (tertiary/aromatic N) is 2. The van der Waals surface area contributed by atoms with Crippen LogP contribution in [0.2, 0.25) is 0 Å². The molecule has 0 aliphatic carbocycles. The molecule has 8 heteroatoms. The zero-order valence-electron chi connectivity index (χ0n) is 13.4. The Balaban J connectivity index is 2.13. The van der Waals surface area contributed by atoms with Gasteiger partial charge in [0, 0.05) is 23.6 Å². The number of nitrogens with one attached hydrogen (secondary N) is 2. The first-order valence-electron chi connectivity index (χ1n) is 7.65. The van der Waals surface area contributed by atoms with Crippen molar-refractivity contribution in [1.29, 1.82) is 0 Å². The Kier molecular flexibility index (Phi) is 4.44. The molecule has 0 fully saturated rings. The smallest absolute Gasteiger partial charge is 0.292 e. The van der Waals surface area contributed by atoms with Crippen molar-refractivity contribution in [3.8, 4) is 11.3 Å². The van der Waals surface area contributed by atoms with Crippen LogP contribution in [-0.2, 0) is 0 Å². The minimum absolute atomic E-state index is 0.129. The summed E-state index contributed by atoms with van der Waals surface area (Å²) in [6.45, 7) is 1.78. The molecule has 1 aromatic heterocycles. The first-order chi connectivity index (χ1) is 12.0. The van der Waals surface area contributed by atoms with Crippen LogP contribution in [0.1, 0.15) is 6.92 Å². The van der Waals surface area contributed by atoms with E-state index in [0.29, 0.717) is 27.7 Å². The van der Waals surface area contributed by atoms with Gasteiger partial charge in [0.05, 0.1) is 22.1 Å². The Bertz CT molecular complexity index is 997. The van der Waals surface area contributed by atoms with Crippen LogP contribution in [0, 0.1) is 10.1 Å². The molecule has 0 saturated carbocycles. The van der Waals surface area contributed by atoms with Crippen molar-refractivity contribution in [2.45, 2.75) is 13.0 Å². The van der Waals surface area contributed by atoms with E-state index in [9.17, 15) is 20.0 Å². The summed E-state index contributed by atoms with van der Waals surface area (Å²) >= 11 is 0. The molecule has 3 N–H and O–H groups in total. The van der Waals surface area contributed by atoms with Gasteiger partial charge in [-0.05, 0) is 19.1 Å². The summed E-state index contributed by atoms with van der Waals surface area (Å²) in [5.74, 6) is 0. The Morgan fingerprint density at radius 1 is 1.28 bits per heavy atom. The summed E-state index contributed by atoms with van der Waals surface area (Å²) in [6.07, 6.45) is -0.635. The van der Waals surface area contributed by atoms with E-state index in [-0.39, 0.29) is 17.8 Å². The second-order valence-electron chi connectivity index (χ2n) is 5.67. The van der Waals surface area contributed by atoms with E-state index in [0.717, 1.165) is 0 Å². The molecule has 0 spiro atoms. The van der Waals surface area contributed by atoms with Crippen molar-refractivity contribution in [3.05, 3.63) is 62.9 Å². The summed E-state index contributed by atoms with van der Waals surface area (Å²) < 4.78 is 0. The van der Waals surface area contributed by atoms with Crippen LogP contribution in [0.15, 0.2) is 47.3 Å². The van der Waals surface area contributed by atoms with Crippen LogP contribution in [0.3, 0.4) is 0 Å². The molecule has 8 nitrogen and oxygen atoms in total. The molecule has 0 radical (unpaired) electrons. The highest BCUT2D eigenvalue weighted by Gasteiger charge is 2.17. The highest BCUT2D eigenvalue weighted by atomic mass is 16.6. The van der Waals surface area contributed by atoms with Crippen LogP contribution in [-0.4, -0.2) is 32.9 Å². The predicted molar refractivity (Wildman–Crippen MR) is 94.6 cm³/mol. The van der Waals surface area contributed by atoms with Gasteiger partial charge in [-0.2, -0.15) is 5.10 Å². The summed E-state index contributed by atoms with van der Waals surface area (Å²) in [7, 11) is 0. The third kappa shape index (κ3) is 3.33. The number of aliphatic hydroxyl groups excluding tert-OH is 1. The topological polar surface area (TPSA) is 121 Å². The van der Waals surface area contributed by atoms with Gasteiger partial charge in [-0.15, -0.1) is 0 Å². The lowest BCUT2D eigenvalue weighted by atomic mass is 10.0. The molecule has 1 heterocycles. The number of nitro benzene ring substituents is 1. The van der Waals surface area contributed by atoms with Crippen LogP contribution in [0.4, 0.5) is 11.4 Å². The van der Waals surface area contributed by atoms with Gasteiger partial charge in [-0.1, -0.05) is 24.3 Å². The fourth-order valence-corrected chi connectivity index (χ4v) is 2.57. The van der Waals surface area contributed by atoms with Crippen LogP contribution < -0.4 is 10.9 Å². The number of benzene rings is 2. The molecule has 0 aliphatic heterocycles. The minimum Gasteiger partial charge on any atom is -0.392 e. The van der Waals surface area contributed by atoms with Crippen molar-refractivity contribution in [3.63, 3.8) is 0 Å². The van der Waals surface area contributed by atoms with Gasteiger partial charge < -0.3 is 10.4 Å². The van der Waals surface area contributed by atoms with Crippen molar-refractivity contribution >= 4 is 22.1 Å². The summed E-state index contributed by atoms with van der Waals surface area (Å²) in [6, 6.07) is 11.6. The maximum Gasteiger partial charge on any atom is 0.292 e. The lowest BCUT2D eigenvalue weighted by Gasteiger charge is -2.10. The number of fused-ring (bicyclic) bond motifs is 1. The molecule has 0 saturated heterocycles. The van der Waals surface area contributed by atoms with Crippen molar-refractivity contribution in [2.24, 2.45) is 0 Å². The zero-order chi connectivity index (χ0) is 18.0. The number of aromatic amines is 1. The average Bonchev–Trinajstić information content (AvgIpc) is 2.60. The summed E-state index contributed by atoms with van der Waals surface area (Å²) in [5.41, 5.74) is 0.838. The lowest BCUT2D eigenvalue weighted by Crippen LogP contribution is -2.16. The van der Waals surface area contributed by atoms with Gasteiger partial charge in [-0.25, -0.2) is 5.10 Å². The second-order valence-corrected chi connectivity index (χ2v) is 5.67. The number of hydrogen-bond donors (Lipinski definition) is 3. The molecule has 3 rings (SSSR count). The number of rotatable bonds is 5. The quantitative estimate of drug-likeness (QED) is 0.484. The third-order valence-electron chi connectivity index (χ3n) is 3.75. The normalized spacial score (nSPS) is 12.1. The fourth-order valence-electron chi connectivity index (χ4n) is 2.57. The maximum atomic E-state index is 11.9. The van der Waals surface area contributed by atoms with Gasteiger partial charge in [0.1, 0.15) is 5.69 Å². The van der Waals surface area contributed by atoms with E-state index < -0.39 is 11.0 Å². The van der Waals surface area contributed by atoms with Crippen LogP contribution in [0.5, 0.6) is 0 Å². The Morgan fingerprint density at radius 3 is 2.68 bits per heavy atom. The number of anilines is 1.